The smallest absolute Gasteiger partial charge is 0.264 e. The summed E-state index contributed by atoms with van der Waals surface area (Å²) in [6.07, 6.45) is 2.44. The van der Waals surface area contributed by atoms with Crippen molar-refractivity contribution in [1.82, 2.24) is 10.2 Å². The van der Waals surface area contributed by atoms with Crippen LogP contribution in [0.2, 0.25) is 0 Å². The highest BCUT2D eigenvalue weighted by molar-refractivity contribution is 6.37. The van der Waals surface area contributed by atoms with E-state index in [0.717, 1.165) is 30.4 Å². The van der Waals surface area contributed by atoms with E-state index in [0.29, 0.717) is 11.4 Å². The number of aromatic amines is 1. The molecule has 1 amide bonds. The Morgan fingerprint density at radius 3 is 2.55 bits per heavy atom. The molecule has 5 nitrogen and oxygen atoms in total. The lowest BCUT2D eigenvalue weighted by atomic mass is 9.83. The number of nitrogens with zero attached hydrogens (tertiary/aromatic N) is 1. The number of H-pyrrole nitrogens is 1. The molecular weight excluding hydrogens is 302 g/mol. The third-order valence-corrected chi connectivity index (χ3v) is 4.52. The lowest BCUT2D eigenvalue weighted by Gasteiger charge is -2.33. The number of benzene rings is 1. The predicted octanol–water partition coefficient (Wildman–Crippen LogP) is 2.85. The van der Waals surface area contributed by atoms with Crippen LogP contribution in [0, 0.1) is 6.92 Å². The first-order chi connectivity index (χ1) is 10.5. The molecule has 0 unspecified atom stereocenters. The minimum absolute atomic E-state index is 0.147. The van der Waals surface area contributed by atoms with Gasteiger partial charge in [-0.1, -0.05) is 12.1 Å². The van der Waals surface area contributed by atoms with Gasteiger partial charge in [0, 0.05) is 17.3 Å². The fourth-order valence-corrected chi connectivity index (χ4v) is 2.77. The average molecular weight is 318 g/mol. The van der Waals surface area contributed by atoms with Gasteiger partial charge >= 0.3 is 0 Å². The highest BCUT2D eigenvalue weighted by Crippen LogP contribution is 2.39. The van der Waals surface area contributed by atoms with Crippen molar-refractivity contribution in [3.05, 3.63) is 46.2 Å². The molecule has 3 rings (SSSR count). The molecule has 1 heterocycles. The normalized spacial score (nSPS) is 15.9. The van der Waals surface area contributed by atoms with Crippen molar-refractivity contribution in [2.45, 2.75) is 31.1 Å². The summed E-state index contributed by atoms with van der Waals surface area (Å²) in [6, 6.07) is 8.82. The molecule has 0 bridgehead atoms. The highest BCUT2D eigenvalue weighted by atomic mass is 35.5. The Balaban J connectivity index is 1.78. The third-order valence-electron chi connectivity index (χ3n) is 3.97. The zero-order valence-corrected chi connectivity index (χ0v) is 12.9. The van der Waals surface area contributed by atoms with E-state index in [4.69, 9.17) is 11.6 Å². The van der Waals surface area contributed by atoms with Gasteiger partial charge in [0.15, 0.2) is 0 Å². The maximum Gasteiger partial charge on any atom is 0.264 e. The number of aryl methyl sites for hydroxylation is 1. The van der Waals surface area contributed by atoms with Gasteiger partial charge in [0.25, 0.3) is 5.56 Å². The van der Waals surface area contributed by atoms with E-state index >= 15 is 0 Å². The first kappa shape index (κ1) is 14.8. The summed E-state index contributed by atoms with van der Waals surface area (Å²) in [5.74, 6) is -0.147. The number of hydrogen-bond donors (Lipinski definition) is 2. The number of carbonyl (C=O) groups excluding carboxylic acids is 1. The molecule has 1 aliphatic rings. The Labute approximate surface area is 132 Å². The molecule has 1 aromatic heterocycles. The summed E-state index contributed by atoms with van der Waals surface area (Å²) in [6.45, 7) is 1.83. The Hall–Kier alpha value is -2.14. The number of nitrogens with one attached hydrogen (secondary N) is 2. The lowest BCUT2D eigenvalue weighted by molar-refractivity contribution is -0.120. The van der Waals surface area contributed by atoms with E-state index < -0.39 is 4.87 Å². The van der Waals surface area contributed by atoms with Crippen molar-refractivity contribution >= 4 is 23.2 Å². The van der Waals surface area contributed by atoms with Gasteiger partial charge in [0.05, 0.1) is 5.69 Å². The molecule has 0 atom stereocenters. The van der Waals surface area contributed by atoms with Gasteiger partial charge in [-0.3, -0.25) is 9.59 Å². The molecule has 6 heteroatoms. The highest BCUT2D eigenvalue weighted by Gasteiger charge is 2.42. The molecule has 0 saturated heterocycles. The second-order valence-corrected chi connectivity index (χ2v) is 6.34. The van der Waals surface area contributed by atoms with Gasteiger partial charge in [-0.25, -0.2) is 5.10 Å². The first-order valence-corrected chi connectivity index (χ1v) is 7.53. The molecule has 2 aromatic rings. The largest absolute Gasteiger partial charge is 0.325 e. The van der Waals surface area contributed by atoms with Crippen molar-refractivity contribution in [1.29, 1.82) is 0 Å². The van der Waals surface area contributed by atoms with E-state index in [9.17, 15) is 9.59 Å². The molecular formula is C16H16ClN3O2. The maximum atomic E-state index is 12.1. The van der Waals surface area contributed by atoms with Gasteiger partial charge in [-0.15, -0.1) is 11.6 Å². The molecule has 114 valence electrons. The maximum absolute atomic E-state index is 12.1. The zero-order valence-electron chi connectivity index (χ0n) is 12.1. The van der Waals surface area contributed by atoms with Crippen molar-refractivity contribution < 1.29 is 4.79 Å². The number of aromatic nitrogens is 2. The number of rotatable bonds is 3. The van der Waals surface area contributed by atoms with Crippen LogP contribution in [-0.4, -0.2) is 21.0 Å². The Morgan fingerprint density at radius 1 is 1.32 bits per heavy atom. The number of amides is 1. The van der Waals surface area contributed by atoms with Gasteiger partial charge in [-0.2, -0.15) is 5.10 Å². The van der Waals surface area contributed by atoms with E-state index in [-0.39, 0.29) is 11.5 Å². The van der Waals surface area contributed by atoms with Crippen molar-refractivity contribution in [2.75, 3.05) is 5.32 Å². The molecule has 0 aliphatic heterocycles. The van der Waals surface area contributed by atoms with Gasteiger partial charge in [-0.05, 0) is 43.9 Å². The summed E-state index contributed by atoms with van der Waals surface area (Å²) in [5, 5.41) is 9.32. The van der Waals surface area contributed by atoms with Gasteiger partial charge in [0.1, 0.15) is 4.87 Å². The second-order valence-electron chi connectivity index (χ2n) is 5.61. The molecule has 0 spiro atoms. The van der Waals surface area contributed by atoms with Crippen LogP contribution in [0.25, 0.3) is 11.3 Å². The molecule has 0 radical (unpaired) electrons. The Morgan fingerprint density at radius 2 is 2.00 bits per heavy atom. The van der Waals surface area contributed by atoms with Crippen LogP contribution < -0.4 is 10.9 Å². The summed E-state index contributed by atoms with van der Waals surface area (Å²) in [5.41, 5.74) is 2.86. The quantitative estimate of drug-likeness (QED) is 0.855. The predicted molar refractivity (Wildman–Crippen MR) is 86.1 cm³/mol. The molecule has 1 aliphatic carbocycles. The van der Waals surface area contributed by atoms with Crippen LogP contribution >= 0.6 is 11.6 Å². The second kappa shape index (κ2) is 5.57. The minimum Gasteiger partial charge on any atom is -0.325 e. The van der Waals surface area contributed by atoms with Crippen LogP contribution in [-0.2, 0) is 4.79 Å². The van der Waals surface area contributed by atoms with Crippen LogP contribution in [0.3, 0.4) is 0 Å². The molecule has 1 aromatic carbocycles. The topological polar surface area (TPSA) is 74.8 Å². The summed E-state index contributed by atoms with van der Waals surface area (Å²) >= 11 is 6.21. The van der Waals surface area contributed by atoms with Gasteiger partial charge in [0.2, 0.25) is 5.91 Å². The number of anilines is 1. The summed E-state index contributed by atoms with van der Waals surface area (Å²) in [4.78, 5) is 22.5. The van der Waals surface area contributed by atoms with Crippen LogP contribution in [0.5, 0.6) is 0 Å². The lowest BCUT2D eigenvalue weighted by Crippen LogP contribution is -2.43. The molecule has 22 heavy (non-hydrogen) atoms. The Bertz CT molecular complexity index is 764. The standard InChI is InChI=1S/C16H16ClN3O2/c1-10-9-13(21)19-20-14(10)11-3-5-12(6-4-11)18-15(22)16(17)7-2-8-16/h3-6,9H,2,7-8H2,1H3,(H,18,22)(H,19,21). The first-order valence-electron chi connectivity index (χ1n) is 7.15. The van der Waals surface area contributed by atoms with Crippen LogP contribution in [0.4, 0.5) is 5.69 Å². The monoisotopic (exact) mass is 317 g/mol. The average Bonchev–Trinajstić information content (AvgIpc) is 2.46. The number of alkyl halides is 1. The molecule has 1 saturated carbocycles. The van der Waals surface area contributed by atoms with Crippen molar-refractivity contribution in [3.8, 4) is 11.3 Å². The number of hydrogen-bond acceptors (Lipinski definition) is 3. The summed E-state index contributed by atoms with van der Waals surface area (Å²) < 4.78 is 0. The van der Waals surface area contributed by atoms with Gasteiger partial charge < -0.3 is 5.32 Å². The van der Waals surface area contributed by atoms with Crippen molar-refractivity contribution in [3.63, 3.8) is 0 Å². The number of halogens is 1. The summed E-state index contributed by atoms with van der Waals surface area (Å²) in [7, 11) is 0. The van der Waals surface area contributed by atoms with E-state index in [1.807, 2.05) is 19.1 Å². The molecule has 2 N–H and O–H groups in total. The molecule has 1 fully saturated rings. The zero-order chi connectivity index (χ0) is 15.7. The SMILES string of the molecule is Cc1cc(=O)[nH]nc1-c1ccc(NC(=O)C2(Cl)CCC2)cc1. The van der Waals surface area contributed by atoms with E-state index in [1.165, 1.54) is 6.07 Å². The van der Waals surface area contributed by atoms with Crippen LogP contribution in [0.15, 0.2) is 35.1 Å². The van der Waals surface area contributed by atoms with Crippen LogP contribution in [0.1, 0.15) is 24.8 Å². The minimum atomic E-state index is -0.740. The third kappa shape index (κ3) is 2.76. The Kier molecular flexibility index (Phi) is 3.74. The fraction of sp³-hybridized carbons (Fsp3) is 0.312. The van der Waals surface area contributed by atoms with E-state index in [1.54, 1.807) is 12.1 Å². The van der Waals surface area contributed by atoms with E-state index in [2.05, 4.69) is 15.5 Å². The number of carbonyl (C=O) groups is 1. The fourth-order valence-electron chi connectivity index (χ4n) is 2.46. The van der Waals surface area contributed by atoms with Crippen molar-refractivity contribution in [2.24, 2.45) is 0 Å².